The van der Waals surface area contributed by atoms with Crippen molar-refractivity contribution in [2.45, 2.75) is 20.0 Å². The molecule has 1 atom stereocenters. The fourth-order valence-electron chi connectivity index (χ4n) is 1.96. The van der Waals surface area contributed by atoms with Gasteiger partial charge in [0, 0.05) is 13.1 Å². The number of nitrogens with zero attached hydrogens (tertiary/aromatic N) is 1. The van der Waals surface area contributed by atoms with Crippen LogP contribution in [0.15, 0.2) is 24.3 Å². The third kappa shape index (κ3) is 5.19. The van der Waals surface area contributed by atoms with Gasteiger partial charge in [0.25, 0.3) is 0 Å². The van der Waals surface area contributed by atoms with E-state index in [-0.39, 0.29) is 5.91 Å². The molecule has 1 rings (SSSR count). The molecule has 0 heterocycles. The maximum atomic E-state index is 11.6. The van der Waals surface area contributed by atoms with Gasteiger partial charge in [-0.1, -0.05) is 19.1 Å². The minimum Gasteiger partial charge on any atom is -0.497 e. The van der Waals surface area contributed by atoms with Gasteiger partial charge in [-0.3, -0.25) is 9.69 Å². The predicted octanol–water partition coefficient (Wildman–Crippen LogP) is 1.19. The summed E-state index contributed by atoms with van der Waals surface area (Å²) >= 11 is 0. The van der Waals surface area contributed by atoms with E-state index in [0.29, 0.717) is 31.9 Å². The first-order valence-corrected chi connectivity index (χ1v) is 6.91. The molecule has 0 aliphatic heterocycles. The molecule has 20 heavy (non-hydrogen) atoms. The Hall–Kier alpha value is -1.59. The van der Waals surface area contributed by atoms with E-state index in [9.17, 15) is 9.90 Å². The number of nitrogens with one attached hydrogen (secondary N) is 1. The second-order valence-corrected chi connectivity index (χ2v) is 4.57. The molecule has 1 aromatic carbocycles. The largest absolute Gasteiger partial charge is 0.497 e. The van der Waals surface area contributed by atoms with Gasteiger partial charge < -0.3 is 15.2 Å². The van der Waals surface area contributed by atoms with Gasteiger partial charge >= 0.3 is 0 Å². The normalized spacial score (nSPS) is 12.2. The number of likely N-dealkylation sites (N-methyl/N-ethyl adjacent to an activating group) is 2. The number of aliphatic hydroxyl groups excluding tert-OH is 1. The summed E-state index contributed by atoms with van der Waals surface area (Å²) in [5.74, 6) is 0.695. The Kier molecular flexibility index (Phi) is 7.04. The maximum absolute atomic E-state index is 11.6. The molecule has 0 radical (unpaired) electrons. The van der Waals surface area contributed by atoms with Gasteiger partial charge in [0.1, 0.15) is 5.75 Å². The van der Waals surface area contributed by atoms with Crippen LogP contribution in [-0.4, -0.2) is 49.2 Å². The van der Waals surface area contributed by atoms with Crippen molar-refractivity contribution in [1.82, 2.24) is 10.2 Å². The van der Waals surface area contributed by atoms with Crippen molar-refractivity contribution in [2.24, 2.45) is 0 Å². The second kappa shape index (κ2) is 8.55. The molecule has 0 saturated carbocycles. The number of hydrogen-bond acceptors (Lipinski definition) is 4. The van der Waals surface area contributed by atoms with Gasteiger partial charge in [0.2, 0.25) is 5.91 Å². The molecular formula is C15H24N2O3. The number of carbonyl (C=O) groups excluding carboxylic acids is 1. The van der Waals surface area contributed by atoms with E-state index in [4.69, 9.17) is 4.74 Å². The summed E-state index contributed by atoms with van der Waals surface area (Å²) in [5.41, 5.74) is 0.790. The predicted molar refractivity (Wildman–Crippen MR) is 78.8 cm³/mol. The molecular weight excluding hydrogens is 256 g/mol. The Morgan fingerprint density at radius 3 is 2.80 bits per heavy atom. The van der Waals surface area contributed by atoms with E-state index >= 15 is 0 Å². The van der Waals surface area contributed by atoms with Gasteiger partial charge in [-0.25, -0.2) is 0 Å². The highest BCUT2D eigenvalue weighted by molar-refractivity contribution is 5.77. The molecule has 0 bridgehead atoms. The third-order valence-corrected chi connectivity index (χ3v) is 3.10. The summed E-state index contributed by atoms with van der Waals surface area (Å²) in [6.07, 6.45) is -0.639. The van der Waals surface area contributed by atoms with Gasteiger partial charge in [0.05, 0.1) is 19.8 Å². The molecule has 1 aromatic rings. The van der Waals surface area contributed by atoms with Gasteiger partial charge in [-0.05, 0) is 31.2 Å². The molecule has 0 aliphatic rings. The van der Waals surface area contributed by atoms with Crippen LogP contribution in [0.5, 0.6) is 5.75 Å². The quantitative estimate of drug-likeness (QED) is 0.751. The Balaban J connectivity index is 2.61. The lowest BCUT2D eigenvalue weighted by molar-refractivity contribution is -0.122. The first-order chi connectivity index (χ1) is 9.60. The monoisotopic (exact) mass is 280 g/mol. The topological polar surface area (TPSA) is 61.8 Å². The molecule has 0 aromatic heterocycles. The number of hydrogen-bond donors (Lipinski definition) is 2. The summed E-state index contributed by atoms with van der Waals surface area (Å²) in [6, 6.07) is 7.34. The van der Waals surface area contributed by atoms with Gasteiger partial charge in [-0.15, -0.1) is 0 Å². The molecule has 0 spiro atoms. The highest BCUT2D eigenvalue weighted by Gasteiger charge is 2.15. The Morgan fingerprint density at radius 1 is 1.45 bits per heavy atom. The number of amides is 1. The summed E-state index contributed by atoms with van der Waals surface area (Å²) in [6.45, 7) is 5.90. The molecule has 0 fully saturated rings. The van der Waals surface area contributed by atoms with Crippen molar-refractivity contribution in [3.05, 3.63) is 29.8 Å². The highest BCUT2D eigenvalue weighted by Crippen LogP contribution is 2.19. The zero-order chi connectivity index (χ0) is 15.0. The van der Waals surface area contributed by atoms with Crippen LogP contribution in [0.25, 0.3) is 0 Å². The summed E-state index contributed by atoms with van der Waals surface area (Å²) in [5, 5.41) is 13.0. The molecule has 0 saturated heterocycles. The number of rotatable bonds is 8. The van der Waals surface area contributed by atoms with Crippen LogP contribution in [0.4, 0.5) is 0 Å². The van der Waals surface area contributed by atoms with Crippen LogP contribution in [-0.2, 0) is 4.79 Å². The molecule has 5 heteroatoms. The van der Waals surface area contributed by atoms with Crippen molar-refractivity contribution in [3.8, 4) is 5.75 Å². The lowest BCUT2D eigenvalue weighted by Gasteiger charge is -2.23. The Labute approximate surface area is 120 Å². The van der Waals surface area contributed by atoms with E-state index < -0.39 is 6.10 Å². The van der Waals surface area contributed by atoms with Crippen molar-refractivity contribution >= 4 is 5.91 Å². The maximum Gasteiger partial charge on any atom is 0.234 e. The third-order valence-electron chi connectivity index (χ3n) is 3.10. The standard InChI is InChI=1S/C15H24N2O3/c1-4-16-15(19)11-17(5-2)10-14(18)12-7-6-8-13(9-12)20-3/h6-9,14,18H,4-5,10-11H2,1-3H3,(H,16,19). The first-order valence-electron chi connectivity index (χ1n) is 6.91. The fraction of sp³-hybridized carbons (Fsp3) is 0.533. The molecule has 112 valence electrons. The molecule has 1 amide bonds. The Morgan fingerprint density at radius 2 is 2.20 bits per heavy atom. The number of ether oxygens (including phenoxy) is 1. The van der Waals surface area contributed by atoms with E-state index in [0.717, 1.165) is 5.56 Å². The zero-order valence-electron chi connectivity index (χ0n) is 12.4. The van der Waals surface area contributed by atoms with Gasteiger partial charge in [0.15, 0.2) is 0 Å². The van der Waals surface area contributed by atoms with Crippen LogP contribution in [0, 0.1) is 0 Å². The van der Waals surface area contributed by atoms with Crippen LogP contribution in [0.2, 0.25) is 0 Å². The number of aliphatic hydroxyl groups is 1. The second-order valence-electron chi connectivity index (χ2n) is 4.57. The van der Waals surface area contributed by atoms with E-state index in [2.05, 4.69) is 5.32 Å². The van der Waals surface area contributed by atoms with Crippen molar-refractivity contribution < 1.29 is 14.6 Å². The minimum atomic E-state index is -0.639. The van der Waals surface area contributed by atoms with Crippen LogP contribution in [0.3, 0.4) is 0 Å². The van der Waals surface area contributed by atoms with E-state index in [1.54, 1.807) is 7.11 Å². The summed E-state index contributed by atoms with van der Waals surface area (Å²) in [7, 11) is 1.60. The van der Waals surface area contributed by atoms with Crippen molar-refractivity contribution in [3.63, 3.8) is 0 Å². The smallest absolute Gasteiger partial charge is 0.234 e. The molecule has 1 unspecified atom stereocenters. The van der Waals surface area contributed by atoms with Crippen molar-refractivity contribution in [2.75, 3.05) is 33.3 Å². The summed E-state index contributed by atoms with van der Waals surface area (Å²) in [4.78, 5) is 13.5. The lowest BCUT2D eigenvalue weighted by Crippen LogP contribution is -2.39. The highest BCUT2D eigenvalue weighted by atomic mass is 16.5. The van der Waals surface area contributed by atoms with Crippen LogP contribution >= 0.6 is 0 Å². The van der Waals surface area contributed by atoms with E-state index in [1.807, 2.05) is 43.0 Å². The average molecular weight is 280 g/mol. The molecule has 2 N–H and O–H groups in total. The number of carbonyl (C=O) groups is 1. The SMILES string of the molecule is CCNC(=O)CN(CC)CC(O)c1cccc(OC)c1. The van der Waals surface area contributed by atoms with Crippen LogP contribution < -0.4 is 10.1 Å². The zero-order valence-corrected chi connectivity index (χ0v) is 12.4. The first kappa shape index (κ1) is 16.5. The van der Waals surface area contributed by atoms with Gasteiger partial charge in [-0.2, -0.15) is 0 Å². The molecule has 0 aliphatic carbocycles. The molecule has 5 nitrogen and oxygen atoms in total. The van der Waals surface area contributed by atoms with Crippen LogP contribution in [0.1, 0.15) is 25.5 Å². The average Bonchev–Trinajstić information content (AvgIpc) is 2.46. The summed E-state index contributed by atoms with van der Waals surface area (Å²) < 4.78 is 5.14. The lowest BCUT2D eigenvalue weighted by atomic mass is 10.1. The Bertz CT molecular complexity index is 423. The number of methoxy groups -OCH3 is 1. The number of benzene rings is 1. The minimum absolute atomic E-state index is 0.0211. The van der Waals surface area contributed by atoms with Crippen molar-refractivity contribution in [1.29, 1.82) is 0 Å². The van der Waals surface area contributed by atoms with E-state index in [1.165, 1.54) is 0 Å². The fourth-order valence-corrected chi connectivity index (χ4v) is 1.96.